The zero-order valence-electron chi connectivity index (χ0n) is 5.52. The fourth-order valence-corrected chi connectivity index (χ4v) is 0.846. The number of thiol groups is 1. The number of aliphatic hydroxyl groups excluding tert-OH is 1. The quantitative estimate of drug-likeness (QED) is 0.322. The second kappa shape index (κ2) is 3.59. The Morgan fingerprint density at radius 3 is 2.91 bits per heavy atom. The van der Waals surface area contributed by atoms with E-state index in [0.29, 0.717) is 9.96 Å². The van der Waals surface area contributed by atoms with Crippen molar-refractivity contribution in [2.45, 2.75) is 0 Å². The molecule has 1 rings (SSSR count). The largest absolute Gasteiger partial charge is 0.504 e. The van der Waals surface area contributed by atoms with Crippen LogP contribution in [-0.2, 0) is 0 Å². The molecule has 0 amide bonds. The van der Waals surface area contributed by atoms with Gasteiger partial charge in [0.2, 0.25) is 0 Å². The lowest BCUT2D eigenvalue weighted by Gasteiger charge is -1.91. The summed E-state index contributed by atoms with van der Waals surface area (Å²) in [6, 6.07) is 3.32. The number of hydrogen-bond donors (Lipinski definition) is 2. The lowest BCUT2D eigenvalue weighted by molar-refractivity contribution is 0.460. The zero-order chi connectivity index (χ0) is 8.27. The van der Waals surface area contributed by atoms with Crippen LogP contribution in [0.4, 0.5) is 0 Å². The van der Waals surface area contributed by atoms with Crippen LogP contribution in [0.3, 0.4) is 0 Å². The molecule has 58 valence electrons. The van der Waals surface area contributed by atoms with Gasteiger partial charge in [-0.05, 0) is 12.1 Å². The molecular formula is C7H6O2S2. The van der Waals surface area contributed by atoms with Gasteiger partial charge in [0.1, 0.15) is 0 Å². The molecule has 0 spiro atoms. The summed E-state index contributed by atoms with van der Waals surface area (Å²) in [6.45, 7) is 0. The van der Waals surface area contributed by atoms with Crippen molar-refractivity contribution >= 4 is 34.8 Å². The van der Waals surface area contributed by atoms with Gasteiger partial charge < -0.3 is 9.52 Å². The third kappa shape index (κ3) is 2.40. The number of hydrogen-bond acceptors (Lipinski definition) is 3. The first-order chi connectivity index (χ1) is 5.20. The summed E-state index contributed by atoms with van der Waals surface area (Å²) in [5.74, 6) is 0.386. The summed E-state index contributed by atoms with van der Waals surface area (Å²) in [5.41, 5.74) is 0. The molecule has 1 aromatic heterocycles. The smallest absolute Gasteiger partial charge is 0.168 e. The van der Waals surface area contributed by atoms with Gasteiger partial charge in [-0.2, -0.15) is 0 Å². The number of thiocarbonyl (C=S) groups is 1. The Hall–Kier alpha value is -0.740. The summed E-state index contributed by atoms with van der Waals surface area (Å²) >= 11 is 8.45. The van der Waals surface area contributed by atoms with E-state index in [1.165, 1.54) is 12.3 Å². The van der Waals surface area contributed by atoms with Gasteiger partial charge in [-0.3, -0.25) is 0 Å². The van der Waals surface area contributed by atoms with Crippen molar-refractivity contribution in [3.63, 3.8) is 0 Å². The first kappa shape index (κ1) is 8.36. The van der Waals surface area contributed by atoms with Gasteiger partial charge >= 0.3 is 0 Å². The van der Waals surface area contributed by atoms with Crippen LogP contribution in [0.5, 0.6) is 0 Å². The van der Waals surface area contributed by atoms with Gasteiger partial charge in [0, 0.05) is 6.08 Å². The zero-order valence-corrected chi connectivity index (χ0v) is 7.23. The van der Waals surface area contributed by atoms with Crippen molar-refractivity contribution in [3.05, 3.63) is 30.2 Å². The molecule has 0 radical (unpaired) electrons. The normalized spacial score (nSPS) is 11.5. The minimum Gasteiger partial charge on any atom is -0.504 e. The third-order valence-corrected chi connectivity index (χ3v) is 1.28. The van der Waals surface area contributed by atoms with Gasteiger partial charge in [-0.25, -0.2) is 0 Å². The van der Waals surface area contributed by atoms with E-state index in [1.807, 2.05) is 0 Å². The Bertz CT molecular complexity index is 275. The van der Waals surface area contributed by atoms with Crippen molar-refractivity contribution in [2.75, 3.05) is 0 Å². The lowest BCUT2D eigenvalue weighted by Crippen LogP contribution is -1.81. The molecule has 0 fully saturated rings. The van der Waals surface area contributed by atoms with Gasteiger partial charge in [0.15, 0.2) is 11.5 Å². The van der Waals surface area contributed by atoms with Gasteiger partial charge in [0.05, 0.1) is 10.5 Å². The highest BCUT2D eigenvalue weighted by Crippen LogP contribution is 2.11. The molecule has 0 aliphatic heterocycles. The Labute approximate surface area is 74.9 Å². The molecule has 0 aliphatic rings. The van der Waals surface area contributed by atoms with Crippen LogP contribution in [0.2, 0.25) is 0 Å². The van der Waals surface area contributed by atoms with E-state index in [-0.39, 0.29) is 5.76 Å². The Balaban J connectivity index is 2.86. The average molecular weight is 186 g/mol. The molecule has 0 saturated carbocycles. The maximum Gasteiger partial charge on any atom is 0.168 e. The third-order valence-electron chi connectivity index (χ3n) is 1.03. The molecule has 2 nitrogen and oxygen atoms in total. The van der Waals surface area contributed by atoms with Crippen LogP contribution < -0.4 is 0 Å². The molecule has 1 N–H and O–H groups in total. The molecular weight excluding hydrogens is 180 g/mol. The van der Waals surface area contributed by atoms with Crippen molar-refractivity contribution in [3.8, 4) is 0 Å². The van der Waals surface area contributed by atoms with Crippen molar-refractivity contribution < 1.29 is 9.52 Å². The molecule has 0 aromatic carbocycles. The van der Waals surface area contributed by atoms with E-state index in [2.05, 4.69) is 24.8 Å². The van der Waals surface area contributed by atoms with E-state index in [4.69, 9.17) is 4.42 Å². The summed E-state index contributed by atoms with van der Waals surface area (Å²) in [5, 5.41) is 9.21. The highest BCUT2D eigenvalue weighted by atomic mass is 32.1. The topological polar surface area (TPSA) is 33.4 Å². The average Bonchev–Trinajstić information content (AvgIpc) is 2.35. The standard InChI is InChI=1S/C7H6O2S2/c8-5(4-7(10)11)6-2-1-3-9-6/h1-4,8H,(H,10,11)/b5-4+. The first-order valence-electron chi connectivity index (χ1n) is 2.87. The number of furan rings is 1. The monoisotopic (exact) mass is 186 g/mol. The van der Waals surface area contributed by atoms with E-state index in [1.54, 1.807) is 12.1 Å². The number of aliphatic hydroxyl groups is 1. The molecule has 4 heteroatoms. The van der Waals surface area contributed by atoms with E-state index < -0.39 is 0 Å². The second-order valence-corrected chi connectivity index (χ2v) is 3.07. The molecule has 0 bridgehead atoms. The van der Waals surface area contributed by atoms with E-state index in [9.17, 15) is 5.11 Å². The Kier molecular flexibility index (Phi) is 2.73. The summed E-state index contributed by atoms with van der Waals surface area (Å²) in [6.07, 6.45) is 2.82. The first-order valence-corrected chi connectivity index (χ1v) is 3.73. The molecule has 11 heavy (non-hydrogen) atoms. The fourth-order valence-electron chi connectivity index (χ4n) is 0.612. The molecule has 1 aromatic rings. The molecule has 0 saturated heterocycles. The highest BCUT2D eigenvalue weighted by molar-refractivity contribution is 8.11. The molecule has 0 atom stereocenters. The van der Waals surface area contributed by atoms with Crippen molar-refractivity contribution in [1.29, 1.82) is 0 Å². The highest BCUT2D eigenvalue weighted by Gasteiger charge is 2.00. The summed E-state index contributed by atoms with van der Waals surface area (Å²) in [7, 11) is 0. The van der Waals surface area contributed by atoms with Crippen molar-refractivity contribution in [2.24, 2.45) is 0 Å². The molecule has 1 heterocycles. The van der Waals surface area contributed by atoms with Crippen LogP contribution in [0.15, 0.2) is 28.9 Å². The lowest BCUT2D eigenvalue weighted by atomic mass is 10.3. The predicted molar refractivity (Wildman–Crippen MR) is 50.9 cm³/mol. The Morgan fingerprint density at radius 1 is 1.73 bits per heavy atom. The minimum absolute atomic E-state index is 0.00463. The fraction of sp³-hybridized carbons (Fsp3) is 0. The van der Waals surface area contributed by atoms with Crippen LogP contribution >= 0.6 is 24.8 Å². The maximum absolute atomic E-state index is 9.21. The van der Waals surface area contributed by atoms with Gasteiger partial charge in [0.25, 0.3) is 0 Å². The second-order valence-electron chi connectivity index (χ2n) is 1.85. The minimum atomic E-state index is -0.00463. The SMILES string of the molecule is O/C(=C/C(=S)S)c1ccco1. The van der Waals surface area contributed by atoms with Gasteiger partial charge in [-0.15, -0.1) is 12.6 Å². The predicted octanol–water partition coefficient (Wildman–Crippen LogP) is 2.44. The van der Waals surface area contributed by atoms with Crippen LogP contribution in [0.1, 0.15) is 5.76 Å². The number of rotatable bonds is 2. The van der Waals surface area contributed by atoms with Crippen LogP contribution in [0.25, 0.3) is 5.76 Å². The van der Waals surface area contributed by atoms with Crippen LogP contribution in [0, 0.1) is 0 Å². The van der Waals surface area contributed by atoms with E-state index in [0.717, 1.165) is 0 Å². The van der Waals surface area contributed by atoms with Crippen LogP contribution in [-0.4, -0.2) is 9.30 Å². The van der Waals surface area contributed by atoms with Gasteiger partial charge in [-0.1, -0.05) is 12.2 Å². The summed E-state index contributed by atoms with van der Waals surface area (Å²) in [4.78, 5) is 0. The van der Waals surface area contributed by atoms with Crippen molar-refractivity contribution in [1.82, 2.24) is 0 Å². The van der Waals surface area contributed by atoms with E-state index >= 15 is 0 Å². The Morgan fingerprint density at radius 2 is 2.45 bits per heavy atom. The maximum atomic E-state index is 9.21. The molecule has 0 unspecified atom stereocenters. The summed E-state index contributed by atoms with van der Waals surface area (Å²) < 4.78 is 5.20. The molecule has 0 aliphatic carbocycles.